The van der Waals surface area contributed by atoms with Crippen molar-refractivity contribution in [1.29, 1.82) is 0 Å². The fourth-order valence-electron chi connectivity index (χ4n) is 1.84. The van der Waals surface area contributed by atoms with E-state index in [-0.39, 0.29) is 5.75 Å². The summed E-state index contributed by atoms with van der Waals surface area (Å²) in [5, 5.41) is 9.88. The summed E-state index contributed by atoms with van der Waals surface area (Å²) in [6, 6.07) is 3.49. The summed E-state index contributed by atoms with van der Waals surface area (Å²) in [5.74, 6) is 0.0334. The molecule has 0 saturated carbocycles. The van der Waals surface area contributed by atoms with E-state index in [1.807, 2.05) is 13.8 Å². The van der Waals surface area contributed by atoms with Gasteiger partial charge in [-0.05, 0) is 50.5 Å². The van der Waals surface area contributed by atoms with Crippen LogP contribution in [-0.4, -0.2) is 18.2 Å². The molecule has 4 nitrogen and oxygen atoms in total. The average molecular weight is 278 g/mol. The number of hydrogen-bond acceptors (Lipinski definition) is 4. The lowest BCUT2D eigenvalue weighted by Crippen LogP contribution is -2.29. The maximum atomic E-state index is 11.8. The molecule has 110 valence electrons. The lowest BCUT2D eigenvalue weighted by molar-refractivity contribution is -0.154. The van der Waals surface area contributed by atoms with Gasteiger partial charge in [0.1, 0.15) is 5.60 Å². The van der Waals surface area contributed by atoms with Gasteiger partial charge in [-0.25, -0.2) is 4.79 Å². The van der Waals surface area contributed by atoms with Gasteiger partial charge in [-0.15, -0.1) is 0 Å². The van der Waals surface area contributed by atoms with Crippen LogP contribution in [0.1, 0.15) is 38.3 Å². The number of carbonyl (C=O) groups is 1. The topological polar surface area (TPSA) is 55.8 Å². The van der Waals surface area contributed by atoms with Crippen LogP contribution in [0, 0.1) is 6.92 Å². The molecule has 1 rings (SSSR count). The number of aromatic hydroxyl groups is 1. The zero-order valence-corrected chi connectivity index (χ0v) is 12.7. The predicted molar refractivity (Wildman–Crippen MR) is 77.9 cm³/mol. The number of benzene rings is 1. The highest BCUT2D eigenvalue weighted by molar-refractivity contribution is 5.87. The van der Waals surface area contributed by atoms with Crippen LogP contribution < -0.4 is 4.74 Å². The Morgan fingerprint density at radius 2 is 2.05 bits per heavy atom. The van der Waals surface area contributed by atoms with Crippen molar-refractivity contribution in [2.45, 2.75) is 39.7 Å². The molecule has 1 atom stereocenters. The number of aryl methyl sites for hydroxylation is 1. The molecule has 0 aliphatic rings. The number of methoxy groups -OCH3 is 1. The summed E-state index contributed by atoms with van der Waals surface area (Å²) < 4.78 is 10.7. The summed E-state index contributed by atoms with van der Waals surface area (Å²) in [7, 11) is 1.49. The molecular formula is C16H22O4. The van der Waals surface area contributed by atoms with E-state index in [4.69, 9.17) is 9.47 Å². The molecule has 20 heavy (non-hydrogen) atoms. The van der Waals surface area contributed by atoms with Gasteiger partial charge >= 0.3 is 5.97 Å². The van der Waals surface area contributed by atoms with Crippen LogP contribution in [0.3, 0.4) is 0 Å². The summed E-state index contributed by atoms with van der Waals surface area (Å²) in [5.41, 5.74) is 1.01. The number of rotatable bonds is 5. The molecule has 4 heteroatoms. The van der Waals surface area contributed by atoms with Crippen molar-refractivity contribution in [1.82, 2.24) is 0 Å². The minimum Gasteiger partial charge on any atom is -0.504 e. The standard InChI is InChI=1S/C16H22O4/c1-7-16(5,20-15(18)10(2)3)12-8-11(4)14(17)13(9-12)19-6/h8-9,17H,2,7H2,1,3-6H3. The number of hydrogen-bond donors (Lipinski definition) is 1. The second-order valence-electron chi connectivity index (χ2n) is 5.10. The fraction of sp³-hybridized carbons (Fsp3) is 0.438. The second kappa shape index (κ2) is 5.99. The molecule has 1 unspecified atom stereocenters. The van der Waals surface area contributed by atoms with Gasteiger partial charge in [-0.3, -0.25) is 0 Å². The van der Waals surface area contributed by atoms with E-state index >= 15 is 0 Å². The molecule has 1 N–H and O–H groups in total. The molecular weight excluding hydrogens is 256 g/mol. The Balaban J connectivity index is 3.27. The van der Waals surface area contributed by atoms with Crippen LogP contribution in [0.4, 0.5) is 0 Å². The number of esters is 1. The quantitative estimate of drug-likeness (QED) is 0.662. The Hall–Kier alpha value is -1.97. The van der Waals surface area contributed by atoms with Crippen molar-refractivity contribution in [3.63, 3.8) is 0 Å². The van der Waals surface area contributed by atoms with Gasteiger partial charge in [-0.1, -0.05) is 13.5 Å². The van der Waals surface area contributed by atoms with Gasteiger partial charge in [-0.2, -0.15) is 0 Å². The van der Waals surface area contributed by atoms with Crippen molar-refractivity contribution in [2.75, 3.05) is 7.11 Å². The molecule has 0 spiro atoms. The van der Waals surface area contributed by atoms with Crippen LogP contribution >= 0.6 is 0 Å². The second-order valence-corrected chi connectivity index (χ2v) is 5.10. The van der Waals surface area contributed by atoms with Crippen molar-refractivity contribution in [3.8, 4) is 11.5 Å². The van der Waals surface area contributed by atoms with E-state index in [1.54, 1.807) is 26.0 Å². The first-order chi connectivity index (χ1) is 9.25. The molecule has 0 fully saturated rings. The molecule has 1 aromatic carbocycles. The van der Waals surface area contributed by atoms with Crippen LogP contribution in [-0.2, 0) is 15.1 Å². The average Bonchev–Trinajstić information content (AvgIpc) is 2.41. The van der Waals surface area contributed by atoms with E-state index in [1.165, 1.54) is 7.11 Å². The third-order valence-corrected chi connectivity index (χ3v) is 3.44. The summed E-state index contributed by atoms with van der Waals surface area (Å²) in [6.07, 6.45) is 0.597. The third-order valence-electron chi connectivity index (χ3n) is 3.44. The smallest absolute Gasteiger partial charge is 0.333 e. The summed E-state index contributed by atoms with van der Waals surface area (Å²) >= 11 is 0. The normalized spacial score (nSPS) is 13.4. The van der Waals surface area contributed by atoms with Gasteiger partial charge in [0.15, 0.2) is 11.5 Å². The van der Waals surface area contributed by atoms with Crippen LogP contribution in [0.15, 0.2) is 24.3 Å². The first kappa shape index (κ1) is 16.1. The number of phenolic OH excluding ortho intramolecular Hbond substituents is 1. The van der Waals surface area contributed by atoms with Crippen molar-refractivity contribution < 1.29 is 19.4 Å². The SMILES string of the molecule is C=C(C)C(=O)OC(C)(CC)c1cc(C)c(O)c(OC)c1. The Morgan fingerprint density at radius 3 is 2.50 bits per heavy atom. The molecule has 0 aliphatic heterocycles. The lowest BCUT2D eigenvalue weighted by atomic mass is 9.91. The largest absolute Gasteiger partial charge is 0.504 e. The first-order valence-electron chi connectivity index (χ1n) is 6.52. The molecule has 0 amide bonds. The van der Waals surface area contributed by atoms with Crippen LogP contribution in [0.25, 0.3) is 0 Å². The fourth-order valence-corrected chi connectivity index (χ4v) is 1.84. The maximum absolute atomic E-state index is 11.8. The number of phenols is 1. The van der Waals surface area contributed by atoms with E-state index in [0.717, 1.165) is 5.56 Å². The van der Waals surface area contributed by atoms with Gasteiger partial charge in [0.25, 0.3) is 0 Å². The third kappa shape index (κ3) is 3.13. The Kier molecular flexibility index (Phi) is 4.82. The highest BCUT2D eigenvalue weighted by Crippen LogP contribution is 2.38. The van der Waals surface area contributed by atoms with Crippen molar-refractivity contribution >= 4 is 5.97 Å². The monoisotopic (exact) mass is 278 g/mol. The lowest BCUT2D eigenvalue weighted by Gasteiger charge is -2.30. The first-order valence-corrected chi connectivity index (χ1v) is 6.52. The Labute approximate surface area is 120 Å². The van der Waals surface area contributed by atoms with Gasteiger partial charge in [0.2, 0.25) is 0 Å². The molecule has 0 radical (unpaired) electrons. The molecule has 0 heterocycles. The number of ether oxygens (including phenoxy) is 2. The molecule has 0 saturated heterocycles. The molecule has 0 aliphatic carbocycles. The van der Waals surface area contributed by atoms with Gasteiger partial charge in [0.05, 0.1) is 7.11 Å². The minimum atomic E-state index is -0.790. The van der Waals surface area contributed by atoms with Crippen LogP contribution in [0.5, 0.6) is 11.5 Å². The maximum Gasteiger partial charge on any atom is 0.333 e. The van der Waals surface area contributed by atoms with E-state index < -0.39 is 11.6 Å². The highest BCUT2D eigenvalue weighted by Gasteiger charge is 2.31. The predicted octanol–water partition coefficient (Wildman–Crippen LogP) is 3.45. The minimum absolute atomic E-state index is 0.0981. The van der Waals surface area contributed by atoms with Crippen molar-refractivity contribution in [2.24, 2.45) is 0 Å². The zero-order chi connectivity index (χ0) is 15.5. The van der Waals surface area contributed by atoms with Crippen LogP contribution in [0.2, 0.25) is 0 Å². The number of carbonyl (C=O) groups excluding carboxylic acids is 1. The molecule has 1 aromatic rings. The molecule has 0 aromatic heterocycles. The van der Waals surface area contributed by atoms with Gasteiger partial charge in [0, 0.05) is 5.57 Å². The van der Waals surface area contributed by atoms with E-state index in [9.17, 15) is 9.90 Å². The van der Waals surface area contributed by atoms with Crippen molar-refractivity contribution in [3.05, 3.63) is 35.4 Å². The van der Waals surface area contributed by atoms with E-state index in [2.05, 4.69) is 6.58 Å². The Morgan fingerprint density at radius 1 is 1.45 bits per heavy atom. The van der Waals surface area contributed by atoms with E-state index in [0.29, 0.717) is 23.3 Å². The molecule has 0 bridgehead atoms. The Bertz CT molecular complexity index is 534. The summed E-state index contributed by atoms with van der Waals surface area (Å²) in [4.78, 5) is 11.8. The summed E-state index contributed by atoms with van der Waals surface area (Å²) in [6.45, 7) is 10.7. The zero-order valence-electron chi connectivity index (χ0n) is 12.7. The van der Waals surface area contributed by atoms with Gasteiger partial charge < -0.3 is 14.6 Å². The highest BCUT2D eigenvalue weighted by atomic mass is 16.6.